The Morgan fingerprint density at radius 1 is 0.370 bits per heavy atom. The molecule has 0 aromatic heterocycles. The molecule has 0 aromatic rings. The molecule has 4 atom stereocenters. The summed E-state index contributed by atoms with van der Waals surface area (Å²) in [6, 6.07) is 0.736. The summed E-state index contributed by atoms with van der Waals surface area (Å²) in [6.07, 6.45) is 7.69. The van der Waals surface area contributed by atoms with Crippen LogP contribution in [0.1, 0.15) is 38.5 Å². The number of piperidine rings is 1. The van der Waals surface area contributed by atoms with Crippen molar-refractivity contribution in [1.29, 1.82) is 0 Å². The van der Waals surface area contributed by atoms with Gasteiger partial charge >= 0.3 is 0 Å². The van der Waals surface area contributed by atoms with E-state index in [-0.39, 0.29) is 23.7 Å². The number of hydrogen-bond donors (Lipinski definition) is 16. The fraction of sp³-hybridized carbons (Fsp3) is 0.971. The van der Waals surface area contributed by atoms with Crippen molar-refractivity contribution in [3.63, 3.8) is 0 Å². The lowest BCUT2D eigenvalue weighted by Crippen LogP contribution is -2.51. The van der Waals surface area contributed by atoms with E-state index in [0.29, 0.717) is 0 Å². The van der Waals surface area contributed by atoms with Gasteiger partial charge in [0.2, 0.25) is 11.8 Å². The third kappa shape index (κ3) is 48.0. The predicted octanol–water partition coefficient (Wildman–Crippen LogP) is -2.83. The molecule has 11 aliphatic rings. The van der Waals surface area contributed by atoms with Gasteiger partial charge in [0.15, 0.2) is 0 Å². The summed E-state index contributed by atoms with van der Waals surface area (Å²) in [4.78, 5) is 30.7. The maximum absolute atomic E-state index is 10.9. The number of quaternary nitrogens is 2. The minimum atomic E-state index is 0.156. The molecule has 16 N–H and O–H groups in total. The molecule has 11 aliphatic heterocycles. The minimum Gasteiger partial charge on any atom is -0.359 e. The van der Waals surface area contributed by atoms with E-state index in [0.717, 1.165) is 101 Å². The van der Waals surface area contributed by atoms with E-state index >= 15 is 0 Å². The lowest BCUT2D eigenvalue weighted by molar-refractivity contribution is -0.874. The molecule has 0 spiro atoms. The molecule has 24 nitrogen and oxygen atoms in total. The van der Waals surface area contributed by atoms with E-state index in [9.17, 15) is 9.59 Å². The van der Waals surface area contributed by atoms with E-state index < -0.39 is 0 Å². The molecule has 11 heterocycles. The second kappa shape index (κ2) is 54.1. The maximum atomic E-state index is 10.9. The molecule has 2 amide bonds. The molecule has 24 heteroatoms. The first-order valence-corrected chi connectivity index (χ1v) is 36.2. The molecule has 0 radical (unpaired) electrons. The van der Waals surface area contributed by atoms with Crippen molar-refractivity contribution >= 4 is 11.8 Å². The highest BCUT2D eigenvalue weighted by Crippen LogP contribution is 2.14. The van der Waals surface area contributed by atoms with Gasteiger partial charge in [-0.05, 0) is 210 Å². The first kappa shape index (κ1) is 88.2. The third-order valence-electron chi connectivity index (χ3n) is 18.0. The molecule has 11 fully saturated rings. The highest BCUT2D eigenvalue weighted by molar-refractivity contribution is 5.79. The zero-order chi connectivity index (χ0) is 68.6. The van der Waals surface area contributed by atoms with Crippen molar-refractivity contribution < 1.29 is 18.6 Å². The van der Waals surface area contributed by atoms with Crippen LogP contribution in [0.25, 0.3) is 0 Å². The summed E-state index contributed by atoms with van der Waals surface area (Å²) in [7, 11) is 39.8. The number of likely N-dealkylation sites (N-methyl/N-ethyl adjacent to an activating group) is 1. The van der Waals surface area contributed by atoms with E-state index in [2.05, 4.69) is 189 Å². The number of carbonyl (C=O) groups is 2. The fourth-order valence-corrected chi connectivity index (χ4v) is 12.6. The van der Waals surface area contributed by atoms with Crippen LogP contribution in [0.4, 0.5) is 0 Å². The van der Waals surface area contributed by atoms with Gasteiger partial charge in [0, 0.05) is 156 Å². The molecule has 11 rings (SSSR count). The van der Waals surface area contributed by atoms with Crippen LogP contribution >= 0.6 is 0 Å². The van der Waals surface area contributed by atoms with Crippen molar-refractivity contribution in [3.8, 4) is 0 Å². The Hall–Kier alpha value is -1.86. The Balaban J connectivity index is 0.000000507. The molecule has 92 heavy (non-hydrogen) atoms. The maximum Gasteiger partial charge on any atom is 0.225 e. The molecular weight excluding hydrogens is 1160 g/mol. The average molecular weight is 1310 g/mol. The molecule has 0 aliphatic carbocycles. The van der Waals surface area contributed by atoms with Crippen molar-refractivity contribution in [3.05, 3.63) is 0 Å². The van der Waals surface area contributed by atoms with E-state index in [1.165, 1.54) is 196 Å². The summed E-state index contributed by atoms with van der Waals surface area (Å²) in [5.74, 6) is 8.13. The normalized spacial score (nSPS) is 24.2. The largest absolute Gasteiger partial charge is 0.359 e. The second-order valence-electron chi connectivity index (χ2n) is 30.6. The van der Waals surface area contributed by atoms with Gasteiger partial charge < -0.3 is 114 Å². The number of nitrogens with zero attached hydrogens (tertiary/aromatic N) is 6. The molecule has 0 aromatic carbocycles. The summed E-state index contributed by atoms with van der Waals surface area (Å²) >= 11 is 0. The second-order valence-corrected chi connectivity index (χ2v) is 30.6. The Kier molecular flexibility index (Phi) is 51.8. The molecule has 0 bridgehead atoms. The van der Waals surface area contributed by atoms with Crippen LogP contribution in [0.5, 0.6) is 0 Å². The van der Waals surface area contributed by atoms with Crippen LogP contribution in [-0.2, 0) is 9.59 Å². The summed E-state index contributed by atoms with van der Waals surface area (Å²) in [6.45, 7) is 35.5. The monoisotopic (exact) mass is 1310 g/mol. The van der Waals surface area contributed by atoms with Crippen molar-refractivity contribution in [1.82, 2.24) is 105 Å². The van der Waals surface area contributed by atoms with Gasteiger partial charge in [-0.1, -0.05) is 0 Å². The Morgan fingerprint density at radius 2 is 0.717 bits per heavy atom. The van der Waals surface area contributed by atoms with Crippen LogP contribution in [0.3, 0.4) is 0 Å². The smallest absolute Gasteiger partial charge is 0.225 e. The van der Waals surface area contributed by atoms with Crippen molar-refractivity contribution in [2.24, 2.45) is 59.2 Å². The summed E-state index contributed by atoms with van der Waals surface area (Å²) < 4.78 is 2.21. The van der Waals surface area contributed by atoms with Gasteiger partial charge in [0.1, 0.15) is 0 Å². The van der Waals surface area contributed by atoms with Crippen molar-refractivity contribution in [2.75, 3.05) is 330 Å². The SMILES string of the molecule is CN(C)CC1CN(C)C1.CN(C)CC1CNC1.CNC(=O)C1CCNC1.CNC(=O)C1CNC1.CNC1CCNC1.CNCC1CCNC1.CNCC1CCNCC1.CNCC1CN(C)C1.CNCC1CNC1.C[N+](C)(C)CC1CCNC1.C[N+](C)(C)CC1CNC1. The van der Waals surface area contributed by atoms with E-state index in [1.54, 1.807) is 14.1 Å². The molecule has 0 saturated carbocycles. The third-order valence-corrected chi connectivity index (χ3v) is 18.0. The van der Waals surface area contributed by atoms with Gasteiger partial charge in [-0.2, -0.15) is 0 Å². The summed E-state index contributed by atoms with van der Waals surface area (Å²) in [5, 5.41) is 50.3. The zero-order valence-electron chi connectivity index (χ0n) is 63.3. The van der Waals surface area contributed by atoms with Crippen LogP contribution < -0.4 is 85.1 Å². The van der Waals surface area contributed by atoms with Crippen LogP contribution in [0.15, 0.2) is 0 Å². The number of likely N-dealkylation sites (tertiary alicyclic amines) is 2. The predicted molar refractivity (Wildman–Crippen MR) is 393 cm³/mol. The van der Waals surface area contributed by atoms with Crippen molar-refractivity contribution in [2.45, 2.75) is 44.6 Å². The van der Waals surface area contributed by atoms with Gasteiger partial charge in [0.25, 0.3) is 0 Å². The van der Waals surface area contributed by atoms with E-state index in [1.807, 2.05) is 35.2 Å². The Labute approximate surface area is 566 Å². The average Bonchev–Trinajstić information content (AvgIpc) is 4.55. The lowest BCUT2D eigenvalue weighted by Gasteiger charge is -2.37. The topological polar surface area (TPSA) is 240 Å². The van der Waals surface area contributed by atoms with Gasteiger partial charge in [-0.25, -0.2) is 0 Å². The standard InChI is InChI=1S/C8H19N2.C7H17N2.2C7H16N2.C6H12N2O.3C6H14N2.C5H10N2O.2C5H12N2/c1-10(2,3)7-8-4-5-9-6-8;1-9(2,3)6-7-4-8-5-7;1-8(2)4-7-5-9(3)6-7;1-8-6-7-2-4-9-5-3-7;1-7-6(9)5-2-3-8-4-5;1-8(2)5-6-3-7-4-6;1-7-3-6-4-8(2)5-6;1-7-4-6-2-3-8-5-6;1-6-5(8)4-2-7-3-4;1-6-2-5-3-7-4-5;1-6-5-2-3-7-4-5/h8-9H,4-7H2,1-3H3;7-8H,4-6H2,1-3H3;7H,4-6H2,1-3H3;7-9H,2-6H2,1H3;5,8H,2-4H2,1H3,(H,7,9);2*6-7H,3-5H2,1-2H3;6-8H,2-5H2,1H3;4,7H,2-3H2,1H3,(H,6,8);2*5-7H,2-4H2,1H3/q2*+1;;;;;;;;;. The van der Waals surface area contributed by atoms with Gasteiger partial charge in [0.05, 0.1) is 67.2 Å². The molecular formula is C68H156N22O2+2. The van der Waals surface area contributed by atoms with Gasteiger partial charge in [-0.3, -0.25) is 9.59 Å². The lowest BCUT2D eigenvalue weighted by atomic mass is 9.98. The molecule has 11 saturated heterocycles. The quantitative estimate of drug-likeness (QED) is 0.0584. The number of rotatable bonds is 19. The fourth-order valence-electron chi connectivity index (χ4n) is 12.6. The number of carbonyl (C=O) groups excluding carboxylic acids is 2. The zero-order valence-corrected chi connectivity index (χ0v) is 63.3. The Morgan fingerprint density at radius 3 is 1.02 bits per heavy atom. The van der Waals surface area contributed by atoms with Crippen LogP contribution in [0, 0.1) is 59.2 Å². The Bertz CT molecular complexity index is 1670. The first-order valence-electron chi connectivity index (χ1n) is 36.2. The van der Waals surface area contributed by atoms with Crippen LogP contribution in [0.2, 0.25) is 0 Å². The minimum absolute atomic E-state index is 0.156. The highest BCUT2D eigenvalue weighted by atomic mass is 16.2. The number of nitrogens with one attached hydrogen (secondary N) is 16. The van der Waals surface area contributed by atoms with Crippen LogP contribution in [-0.4, -0.2) is 377 Å². The summed E-state index contributed by atoms with van der Waals surface area (Å²) in [5.41, 5.74) is 0. The number of amides is 2. The first-order chi connectivity index (χ1) is 43.9. The number of hydrogen-bond acceptors (Lipinski definition) is 20. The highest BCUT2D eigenvalue weighted by Gasteiger charge is 2.27. The van der Waals surface area contributed by atoms with E-state index in [4.69, 9.17) is 0 Å². The molecule has 4 unspecified atom stereocenters. The molecule has 548 valence electrons. The van der Waals surface area contributed by atoms with Gasteiger partial charge in [-0.15, -0.1) is 0 Å².